The Morgan fingerprint density at radius 2 is 2.03 bits per heavy atom. The zero-order chi connectivity index (χ0) is 23.5. The quantitative estimate of drug-likeness (QED) is 0.270. The first-order chi connectivity index (χ1) is 15.7. The smallest absolute Gasteiger partial charge is 0.350 e. The number of hydrogen-bond acceptors (Lipinski definition) is 9. The molecule has 1 aliphatic heterocycles. The number of hydrogen-bond donors (Lipinski definition) is 5. The number of nitrogens with zero attached hydrogens (tertiary/aromatic N) is 4. The standard InChI is InChI=1S/C19H23ClN5O7P/c20-17-11(4-21)14(23-10-2-8-1-9(8)3-10)12-5-22-25(18(12)24-17)19-16(27)15(26)13(32-19)6-31-7-33(28,29)30/h5,8-10,13,15-16,19,26-27H,1-3,6-7H2,(H,23,24)(H2,28,29,30)/t8?,9?,10?,13-,15-,16-,19-/m1/s1. The van der Waals surface area contributed by atoms with E-state index in [2.05, 4.69) is 21.5 Å². The van der Waals surface area contributed by atoms with Gasteiger partial charge in [0.2, 0.25) is 0 Å². The molecular weight excluding hydrogens is 477 g/mol. The fourth-order valence-corrected chi connectivity index (χ4v) is 5.42. The molecule has 0 amide bonds. The molecule has 12 nitrogen and oxygen atoms in total. The Hall–Kier alpha value is -1.81. The number of aromatic nitrogens is 3. The highest BCUT2D eigenvalue weighted by molar-refractivity contribution is 7.51. The lowest BCUT2D eigenvalue weighted by molar-refractivity contribution is -0.0658. The van der Waals surface area contributed by atoms with Crippen LogP contribution in [0.5, 0.6) is 0 Å². The Morgan fingerprint density at radius 3 is 2.70 bits per heavy atom. The zero-order valence-electron chi connectivity index (χ0n) is 17.3. The van der Waals surface area contributed by atoms with Gasteiger partial charge < -0.3 is 34.8 Å². The molecule has 0 bridgehead atoms. The Balaban J connectivity index is 1.41. The van der Waals surface area contributed by atoms with Gasteiger partial charge in [0.05, 0.1) is 23.9 Å². The van der Waals surface area contributed by atoms with Crippen LogP contribution in [-0.2, 0) is 14.0 Å². The fourth-order valence-electron chi connectivity index (χ4n) is 4.86. The summed E-state index contributed by atoms with van der Waals surface area (Å²) in [6, 6.07) is 2.31. The molecule has 5 rings (SSSR count). The van der Waals surface area contributed by atoms with Gasteiger partial charge in [-0.2, -0.15) is 10.4 Å². The summed E-state index contributed by atoms with van der Waals surface area (Å²) in [5.41, 5.74) is 0.998. The summed E-state index contributed by atoms with van der Waals surface area (Å²) in [5.74, 6) is 1.47. The molecule has 1 saturated heterocycles. The van der Waals surface area contributed by atoms with Crippen molar-refractivity contribution in [1.82, 2.24) is 14.8 Å². The second-order valence-electron chi connectivity index (χ2n) is 8.87. The molecule has 0 radical (unpaired) electrons. The summed E-state index contributed by atoms with van der Waals surface area (Å²) in [6.07, 6.45) is -1.03. The molecule has 2 unspecified atom stereocenters. The van der Waals surface area contributed by atoms with E-state index in [-0.39, 0.29) is 29.0 Å². The van der Waals surface area contributed by atoms with E-state index in [1.165, 1.54) is 17.3 Å². The third kappa shape index (κ3) is 4.36. The van der Waals surface area contributed by atoms with Crippen molar-refractivity contribution in [3.05, 3.63) is 16.9 Å². The molecule has 3 heterocycles. The average molecular weight is 500 g/mol. The number of aliphatic hydroxyl groups is 2. The van der Waals surface area contributed by atoms with Crippen LogP contribution in [0.1, 0.15) is 31.1 Å². The number of halogens is 1. The lowest BCUT2D eigenvalue weighted by atomic mass is 10.1. The number of nitrogens with one attached hydrogen (secondary N) is 1. The van der Waals surface area contributed by atoms with Crippen molar-refractivity contribution in [3.8, 4) is 6.07 Å². The maximum Gasteiger partial charge on any atom is 0.350 e. The van der Waals surface area contributed by atoms with Crippen molar-refractivity contribution in [2.24, 2.45) is 11.8 Å². The summed E-state index contributed by atoms with van der Waals surface area (Å²) in [6.45, 7) is -0.345. The predicted octanol–water partition coefficient (Wildman–Crippen LogP) is 0.938. The Kier molecular flexibility index (Phi) is 5.87. The first-order valence-corrected chi connectivity index (χ1v) is 12.7. The lowest BCUT2D eigenvalue weighted by Crippen LogP contribution is -2.34. The summed E-state index contributed by atoms with van der Waals surface area (Å²) < 4.78 is 22.9. The number of fused-ring (bicyclic) bond motifs is 2. The van der Waals surface area contributed by atoms with Gasteiger partial charge in [0, 0.05) is 6.04 Å². The molecule has 0 aromatic carbocycles. The van der Waals surface area contributed by atoms with Crippen molar-refractivity contribution in [1.29, 1.82) is 5.26 Å². The van der Waals surface area contributed by atoms with E-state index in [0.717, 1.165) is 24.7 Å². The molecule has 2 aromatic rings. The molecule has 6 atom stereocenters. The SMILES string of the molecule is N#Cc1c(Cl)nc2c(cnn2[C@@H]2O[C@H](COCP(=O)(O)O)[C@@H](O)[C@H]2O)c1NC1CC2CC2C1. The van der Waals surface area contributed by atoms with Crippen LogP contribution in [0.2, 0.25) is 5.15 Å². The van der Waals surface area contributed by atoms with Crippen LogP contribution >= 0.6 is 19.2 Å². The van der Waals surface area contributed by atoms with Crippen LogP contribution in [0.3, 0.4) is 0 Å². The van der Waals surface area contributed by atoms with E-state index in [9.17, 15) is 20.0 Å². The highest BCUT2D eigenvalue weighted by atomic mass is 35.5. The number of aliphatic hydroxyl groups excluding tert-OH is 2. The summed E-state index contributed by atoms with van der Waals surface area (Å²) in [7, 11) is -4.38. The minimum Gasteiger partial charge on any atom is -0.387 e. The molecule has 5 N–H and O–H groups in total. The van der Waals surface area contributed by atoms with Crippen LogP contribution in [0.25, 0.3) is 11.0 Å². The minimum absolute atomic E-state index is 0.0213. The minimum atomic E-state index is -4.38. The lowest BCUT2D eigenvalue weighted by Gasteiger charge is -2.19. The van der Waals surface area contributed by atoms with Crippen LogP contribution in [0, 0.1) is 23.2 Å². The van der Waals surface area contributed by atoms with Crippen molar-refractivity contribution >= 4 is 35.9 Å². The number of nitriles is 1. The summed E-state index contributed by atoms with van der Waals surface area (Å²) >= 11 is 6.31. The van der Waals surface area contributed by atoms with E-state index in [0.29, 0.717) is 11.1 Å². The van der Waals surface area contributed by atoms with Crippen molar-refractivity contribution in [2.45, 2.75) is 49.8 Å². The second kappa shape index (κ2) is 8.45. The monoisotopic (exact) mass is 499 g/mol. The van der Waals surface area contributed by atoms with Gasteiger partial charge in [-0.15, -0.1) is 0 Å². The van der Waals surface area contributed by atoms with Gasteiger partial charge in [0.15, 0.2) is 17.0 Å². The van der Waals surface area contributed by atoms with E-state index in [4.69, 9.17) is 30.9 Å². The number of ether oxygens (including phenoxy) is 2. The average Bonchev–Trinajstić information content (AvgIpc) is 3.05. The largest absolute Gasteiger partial charge is 0.387 e. The Labute approximate surface area is 193 Å². The van der Waals surface area contributed by atoms with E-state index < -0.39 is 38.5 Å². The molecule has 33 heavy (non-hydrogen) atoms. The molecule has 2 aliphatic carbocycles. The van der Waals surface area contributed by atoms with Gasteiger partial charge in [-0.05, 0) is 31.1 Å². The second-order valence-corrected chi connectivity index (χ2v) is 10.8. The molecular formula is C19H23ClN5O7P. The van der Waals surface area contributed by atoms with Crippen LogP contribution in [0.15, 0.2) is 6.20 Å². The highest BCUT2D eigenvalue weighted by Crippen LogP contribution is 2.52. The zero-order valence-corrected chi connectivity index (χ0v) is 18.9. The van der Waals surface area contributed by atoms with Crippen molar-refractivity contribution in [3.63, 3.8) is 0 Å². The van der Waals surface area contributed by atoms with Gasteiger partial charge >= 0.3 is 7.60 Å². The number of rotatable bonds is 7. The van der Waals surface area contributed by atoms with Gasteiger partial charge in [0.25, 0.3) is 0 Å². The molecule has 0 spiro atoms. The summed E-state index contributed by atoms with van der Waals surface area (Å²) in [5, 5.41) is 38.8. The summed E-state index contributed by atoms with van der Waals surface area (Å²) in [4.78, 5) is 22.1. The normalized spacial score (nSPS) is 33.3. The first kappa shape index (κ1) is 23.0. The third-order valence-corrected chi connectivity index (χ3v) is 7.31. The van der Waals surface area contributed by atoms with Crippen molar-refractivity contribution in [2.75, 3.05) is 18.3 Å². The van der Waals surface area contributed by atoms with Crippen LogP contribution in [-0.4, -0.2) is 72.1 Å². The Morgan fingerprint density at radius 1 is 1.30 bits per heavy atom. The molecule has 3 fully saturated rings. The molecule has 178 valence electrons. The van der Waals surface area contributed by atoms with E-state index in [1.807, 2.05) is 0 Å². The number of anilines is 1. The first-order valence-electron chi connectivity index (χ1n) is 10.5. The van der Waals surface area contributed by atoms with Crippen LogP contribution < -0.4 is 5.32 Å². The van der Waals surface area contributed by atoms with Gasteiger partial charge in [0.1, 0.15) is 36.3 Å². The van der Waals surface area contributed by atoms with E-state index >= 15 is 0 Å². The van der Waals surface area contributed by atoms with Crippen molar-refractivity contribution < 1.29 is 34.0 Å². The van der Waals surface area contributed by atoms with Crippen LogP contribution in [0.4, 0.5) is 5.69 Å². The topological polar surface area (TPSA) is 183 Å². The molecule has 3 aliphatic rings. The van der Waals surface area contributed by atoms with Gasteiger partial charge in [-0.25, -0.2) is 9.67 Å². The number of pyridine rings is 1. The molecule has 2 aromatic heterocycles. The molecule has 2 saturated carbocycles. The predicted molar refractivity (Wildman–Crippen MR) is 114 cm³/mol. The van der Waals surface area contributed by atoms with Gasteiger partial charge in [-0.3, -0.25) is 4.57 Å². The highest BCUT2D eigenvalue weighted by Gasteiger charge is 2.47. The van der Waals surface area contributed by atoms with E-state index in [1.54, 1.807) is 0 Å². The third-order valence-electron chi connectivity index (χ3n) is 6.52. The fraction of sp³-hybridized carbons (Fsp3) is 0.632. The maximum atomic E-state index is 11.0. The Bertz CT molecular complexity index is 1160. The van der Waals surface area contributed by atoms with Gasteiger partial charge in [-0.1, -0.05) is 11.6 Å². The molecule has 14 heteroatoms. The maximum absolute atomic E-state index is 11.0.